The Hall–Kier alpha value is -0.0800. The summed E-state index contributed by atoms with van der Waals surface area (Å²) in [6.45, 7) is 8.98. The van der Waals surface area contributed by atoms with E-state index < -0.39 is 0 Å². The summed E-state index contributed by atoms with van der Waals surface area (Å²) in [4.78, 5) is 2.66. The predicted octanol–water partition coefficient (Wildman–Crippen LogP) is 2.53. The number of rotatable bonds is 2. The summed E-state index contributed by atoms with van der Waals surface area (Å²) in [5.74, 6) is 1.83. The van der Waals surface area contributed by atoms with Crippen LogP contribution in [0.4, 0.5) is 0 Å². The second-order valence-electron chi connectivity index (χ2n) is 5.47. The van der Waals surface area contributed by atoms with E-state index >= 15 is 0 Å². The molecule has 2 aliphatic rings. The lowest BCUT2D eigenvalue weighted by Gasteiger charge is -2.40. The first-order valence-electron chi connectivity index (χ1n) is 6.59. The van der Waals surface area contributed by atoms with Gasteiger partial charge in [-0.05, 0) is 24.7 Å². The molecule has 1 aliphatic carbocycles. The Morgan fingerprint density at radius 2 is 1.87 bits per heavy atom. The van der Waals surface area contributed by atoms with Crippen LogP contribution in [-0.2, 0) is 4.74 Å². The molecule has 2 nitrogen and oxygen atoms in total. The number of nitrogens with zero attached hydrogens (tertiary/aromatic N) is 1. The van der Waals surface area contributed by atoms with Crippen molar-refractivity contribution in [1.82, 2.24) is 4.90 Å². The third kappa shape index (κ3) is 2.94. The quantitative estimate of drug-likeness (QED) is 0.696. The number of hydrogen-bond donors (Lipinski definition) is 0. The molecule has 2 atom stereocenters. The number of hydrogen-bond acceptors (Lipinski definition) is 2. The van der Waals surface area contributed by atoms with Crippen molar-refractivity contribution in [3.05, 3.63) is 0 Å². The molecule has 2 rings (SSSR count). The normalized spacial score (nSPS) is 34.6. The van der Waals surface area contributed by atoms with Crippen LogP contribution in [0.25, 0.3) is 0 Å². The molecule has 0 unspecified atom stereocenters. The summed E-state index contributed by atoms with van der Waals surface area (Å²) in [5.41, 5.74) is 0. The van der Waals surface area contributed by atoms with Gasteiger partial charge >= 0.3 is 0 Å². The van der Waals surface area contributed by atoms with Crippen LogP contribution in [0.1, 0.15) is 39.5 Å². The van der Waals surface area contributed by atoms with Gasteiger partial charge in [0.2, 0.25) is 0 Å². The van der Waals surface area contributed by atoms with E-state index in [1.165, 1.54) is 25.7 Å². The summed E-state index contributed by atoms with van der Waals surface area (Å²) in [6.07, 6.45) is 5.74. The van der Waals surface area contributed by atoms with Crippen LogP contribution in [0.3, 0.4) is 0 Å². The van der Waals surface area contributed by atoms with E-state index in [9.17, 15) is 0 Å². The van der Waals surface area contributed by atoms with Gasteiger partial charge in [-0.25, -0.2) is 0 Å². The molecule has 0 N–H and O–H groups in total. The van der Waals surface area contributed by atoms with Gasteiger partial charge < -0.3 is 4.74 Å². The SMILES string of the molecule is CC(C)[C@H]1CCC[C@H](N2CCOCC2)C1. The lowest BCUT2D eigenvalue weighted by atomic mass is 9.79. The number of morpholine rings is 1. The first-order valence-corrected chi connectivity index (χ1v) is 6.59. The second-order valence-corrected chi connectivity index (χ2v) is 5.47. The molecule has 1 heterocycles. The molecule has 88 valence electrons. The first-order chi connectivity index (χ1) is 7.27. The van der Waals surface area contributed by atoms with E-state index in [0.29, 0.717) is 0 Å². The summed E-state index contributed by atoms with van der Waals surface area (Å²) in [6, 6.07) is 0.857. The molecule has 0 amide bonds. The largest absolute Gasteiger partial charge is 0.379 e. The molecule has 0 bridgehead atoms. The molecule has 1 saturated carbocycles. The van der Waals surface area contributed by atoms with Crippen molar-refractivity contribution in [2.75, 3.05) is 26.3 Å². The van der Waals surface area contributed by atoms with E-state index in [1.54, 1.807) is 0 Å². The van der Waals surface area contributed by atoms with Gasteiger partial charge in [0.25, 0.3) is 0 Å². The predicted molar refractivity (Wildman–Crippen MR) is 63.0 cm³/mol. The van der Waals surface area contributed by atoms with Gasteiger partial charge in [-0.3, -0.25) is 4.90 Å². The van der Waals surface area contributed by atoms with Gasteiger partial charge in [-0.15, -0.1) is 0 Å². The molecule has 1 saturated heterocycles. The average Bonchev–Trinajstić information content (AvgIpc) is 2.30. The minimum absolute atomic E-state index is 0.857. The maximum absolute atomic E-state index is 5.42. The number of ether oxygens (including phenoxy) is 1. The third-order valence-electron chi connectivity index (χ3n) is 4.19. The third-order valence-corrected chi connectivity index (χ3v) is 4.19. The minimum Gasteiger partial charge on any atom is -0.379 e. The lowest BCUT2D eigenvalue weighted by Crippen LogP contribution is -2.45. The highest BCUT2D eigenvalue weighted by atomic mass is 16.5. The van der Waals surface area contributed by atoms with Gasteiger partial charge in [0, 0.05) is 19.1 Å². The summed E-state index contributed by atoms with van der Waals surface area (Å²) in [7, 11) is 0. The Bertz CT molecular complexity index is 187. The molecule has 15 heavy (non-hydrogen) atoms. The molecule has 2 heteroatoms. The average molecular weight is 211 g/mol. The van der Waals surface area contributed by atoms with Crippen molar-refractivity contribution in [3.8, 4) is 0 Å². The Morgan fingerprint density at radius 3 is 2.53 bits per heavy atom. The van der Waals surface area contributed by atoms with Gasteiger partial charge in [-0.2, -0.15) is 0 Å². The maximum Gasteiger partial charge on any atom is 0.0594 e. The fraction of sp³-hybridized carbons (Fsp3) is 1.00. The summed E-state index contributed by atoms with van der Waals surface area (Å²) in [5, 5.41) is 0. The standard InChI is InChI=1S/C13H25NO/c1-11(2)12-4-3-5-13(10-12)14-6-8-15-9-7-14/h11-13H,3-10H2,1-2H3/t12-,13-/m0/s1. The topological polar surface area (TPSA) is 12.5 Å². The van der Waals surface area contributed by atoms with Crippen molar-refractivity contribution in [2.45, 2.75) is 45.6 Å². The molecule has 0 aromatic carbocycles. The highest BCUT2D eigenvalue weighted by Gasteiger charge is 2.28. The highest BCUT2D eigenvalue weighted by molar-refractivity contribution is 4.82. The van der Waals surface area contributed by atoms with E-state index in [2.05, 4.69) is 18.7 Å². The second kappa shape index (κ2) is 5.31. The zero-order chi connectivity index (χ0) is 10.7. The smallest absolute Gasteiger partial charge is 0.0594 e. The van der Waals surface area contributed by atoms with Crippen LogP contribution in [0, 0.1) is 11.8 Å². The Kier molecular flexibility index (Phi) is 4.04. The van der Waals surface area contributed by atoms with Gasteiger partial charge in [0.15, 0.2) is 0 Å². The van der Waals surface area contributed by atoms with Crippen molar-refractivity contribution in [2.24, 2.45) is 11.8 Å². The Labute approximate surface area is 94.0 Å². The van der Waals surface area contributed by atoms with E-state index in [4.69, 9.17) is 4.74 Å². The van der Waals surface area contributed by atoms with Crippen molar-refractivity contribution < 1.29 is 4.74 Å². The molecule has 0 aromatic heterocycles. The maximum atomic E-state index is 5.42. The van der Waals surface area contributed by atoms with Crippen LogP contribution >= 0.6 is 0 Å². The van der Waals surface area contributed by atoms with Crippen molar-refractivity contribution in [3.63, 3.8) is 0 Å². The minimum atomic E-state index is 0.857. The van der Waals surface area contributed by atoms with Crippen LogP contribution in [0.2, 0.25) is 0 Å². The summed E-state index contributed by atoms with van der Waals surface area (Å²) < 4.78 is 5.42. The first kappa shape index (κ1) is 11.4. The highest BCUT2D eigenvalue weighted by Crippen LogP contribution is 2.32. The lowest BCUT2D eigenvalue weighted by molar-refractivity contribution is 0.000112. The molecular formula is C13H25NO. The van der Waals surface area contributed by atoms with Crippen molar-refractivity contribution >= 4 is 0 Å². The van der Waals surface area contributed by atoms with Gasteiger partial charge in [0.05, 0.1) is 13.2 Å². The van der Waals surface area contributed by atoms with Crippen LogP contribution < -0.4 is 0 Å². The van der Waals surface area contributed by atoms with E-state index in [-0.39, 0.29) is 0 Å². The molecule has 1 aliphatic heterocycles. The van der Waals surface area contributed by atoms with Crippen LogP contribution in [0.5, 0.6) is 0 Å². The van der Waals surface area contributed by atoms with Gasteiger partial charge in [0.1, 0.15) is 0 Å². The van der Waals surface area contributed by atoms with Gasteiger partial charge in [-0.1, -0.05) is 26.7 Å². The van der Waals surface area contributed by atoms with E-state index in [0.717, 1.165) is 44.2 Å². The molecule has 0 aromatic rings. The van der Waals surface area contributed by atoms with Crippen molar-refractivity contribution in [1.29, 1.82) is 0 Å². The fourth-order valence-corrected chi connectivity index (χ4v) is 3.08. The van der Waals surface area contributed by atoms with Crippen LogP contribution in [0.15, 0.2) is 0 Å². The molecule has 0 spiro atoms. The van der Waals surface area contributed by atoms with E-state index in [1.807, 2.05) is 0 Å². The summed E-state index contributed by atoms with van der Waals surface area (Å²) >= 11 is 0. The molecule has 0 radical (unpaired) electrons. The zero-order valence-corrected chi connectivity index (χ0v) is 10.2. The molecule has 2 fully saturated rings. The van der Waals surface area contributed by atoms with Crippen LogP contribution in [-0.4, -0.2) is 37.2 Å². The fourth-order valence-electron chi connectivity index (χ4n) is 3.08. The zero-order valence-electron chi connectivity index (χ0n) is 10.2. The monoisotopic (exact) mass is 211 g/mol. The molecular weight excluding hydrogens is 186 g/mol. The Balaban J connectivity index is 1.85. The Morgan fingerprint density at radius 1 is 1.13 bits per heavy atom.